The molecule has 7 nitrogen and oxygen atoms in total. The van der Waals surface area contributed by atoms with Crippen LogP contribution < -0.4 is 0 Å². The minimum atomic E-state index is -0.477. The van der Waals surface area contributed by atoms with E-state index < -0.39 is 5.60 Å². The SMILES string of the molecule is CC(C)(C)OC(=O)N1CCC(n2cc(-c3cc4nccc(Cl)c4o3)cn2)CC1. The number of furan rings is 1. The van der Waals surface area contributed by atoms with E-state index in [1.807, 2.05) is 37.7 Å². The van der Waals surface area contributed by atoms with Crippen molar-refractivity contribution in [2.75, 3.05) is 13.1 Å². The van der Waals surface area contributed by atoms with Crippen LogP contribution in [0.1, 0.15) is 39.7 Å². The molecule has 0 saturated carbocycles. The van der Waals surface area contributed by atoms with Crippen molar-refractivity contribution in [2.45, 2.75) is 45.3 Å². The van der Waals surface area contributed by atoms with Gasteiger partial charge in [0.1, 0.15) is 16.9 Å². The van der Waals surface area contributed by atoms with Gasteiger partial charge >= 0.3 is 6.09 Å². The Morgan fingerprint density at radius 1 is 1.32 bits per heavy atom. The maximum absolute atomic E-state index is 12.2. The number of hydrogen-bond donors (Lipinski definition) is 0. The van der Waals surface area contributed by atoms with E-state index in [-0.39, 0.29) is 12.1 Å². The Morgan fingerprint density at radius 3 is 2.75 bits per heavy atom. The lowest BCUT2D eigenvalue weighted by Crippen LogP contribution is -2.42. The number of rotatable bonds is 2. The summed E-state index contributed by atoms with van der Waals surface area (Å²) in [4.78, 5) is 18.3. The Kier molecular flexibility index (Phi) is 4.79. The second kappa shape index (κ2) is 7.13. The number of hydrogen-bond acceptors (Lipinski definition) is 5. The summed E-state index contributed by atoms with van der Waals surface area (Å²) in [7, 11) is 0. The molecular weight excluding hydrogens is 380 g/mol. The molecule has 0 aliphatic carbocycles. The number of ether oxygens (including phenoxy) is 1. The number of carbonyl (C=O) groups excluding carboxylic acids is 1. The highest BCUT2D eigenvalue weighted by atomic mass is 35.5. The Labute approximate surface area is 168 Å². The number of likely N-dealkylation sites (tertiary alicyclic amines) is 1. The average molecular weight is 403 g/mol. The summed E-state index contributed by atoms with van der Waals surface area (Å²) in [6.45, 7) is 6.94. The molecule has 3 aromatic rings. The van der Waals surface area contributed by atoms with Crippen LogP contribution in [0.3, 0.4) is 0 Å². The van der Waals surface area contributed by atoms with Crippen molar-refractivity contribution in [3.05, 3.63) is 35.7 Å². The van der Waals surface area contributed by atoms with E-state index in [2.05, 4.69) is 10.1 Å². The van der Waals surface area contributed by atoms with Gasteiger partial charge in [0.05, 0.1) is 22.8 Å². The third-order valence-electron chi connectivity index (χ3n) is 4.74. The third-order valence-corrected chi connectivity index (χ3v) is 5.04. The van der Waals surface area contributed by atoms with Gasteiger partial charge in [-0.05, 0) is 39.7 Å². The van der Waals surface area contributed by atoms with Crippen LogP contribution in [-0.2, 0) is 4.74 Å². The number of halogens is 1. The zero-order valence-electron chi connectivity index (χ0n) is 16.2. The van der Waals surface area contributed by atoms with E-state index in [1.54, 1.807) is 23.4 Å². The molecule has 3 aromatic heterocycles. The fraction of sp³-hybridized carbons (Fsp3) is 0.450. The second-order valence-electron chi connectivity index (χ2n) is 8.03. The van der Waals surface area contributed by atoms with Crippen LogP contribution in [0.25, 0.3) is 22.4 Å². The quantitative estimate of drug-likeness (QED) is 0.608. The van der Waals surface area contributed by atoms with Gasteiger partial charge in [-0.3, -0.25) is 9.67 Å². The molecule has 1 amide bonds. The van der Waals surface area contributed by atoms with Gasteiger partial charge in [0, 0.05) is 31.5 Å². The van der Waals surface area contributed by atoms with Crippen LogP contribution in [0.15, 0.2) is 35.1 Å². The molecule has 1 fully saturated rings. The van der Waals surface area contributed by atoms with Crippen LogP contribution in [0.4, 0.5) is 4.79 Å². The molecule has 0 atom stereocenters. The molecule has 148 valence electrons. The smallest absolute Gasteiger partial charge is 0.410 e. The zero-order chi connectivity index (χ0) is 19.9. The Morgan fingerprint density at radius 2 is 2.07 bits per heavy atom. The lowest BCUT2D eigenvalue weighted by molar-refractivity contribution is 0.0185. The number of amides is 1. The predicted molar refractivity (Wildman–Crippen MR) is 106 cm³/mol. The van der Waals surface area contributed by atoms with Crippen molar-refractivity contribution >= 4 is 28.8 Å². The maximum Gasteiger partial charge on any atom is 0.410 e. The lowest BCUT2D eigenvalue weighted by Gasteiger charge is -2.33. The van der Waals surface area contributed by atoms with E-state index >= 15 is 0 Å². The minimum absolute atomic E-state index is 0.235. The molecule has 4 heterocycles. The van der Waals surface area contributed by atoms with Crippen molar-refractivity contribution in [3.63, 3.8) is 0 Å². The first-order valence-electron chi connectivity index (χ1n) is 9.37. The first-order valence-corrected chi connectivity index (χ1v) is 9.74. The van der Waals surface area contributed by atoms with Gasteiger partial charge in [-0.2, -0.15) is 5.10 Å². The van der Waals surface area contributed by atoms with Crippen molar-refractivity contribution < 1.29 is 13.9 Å². The second-order valence-corrected chi connectivity index (χ2v) is 8.43. The first kappa shape index (κ1) is 18.8. The monoisotopic (exact) mass is 402 g/mol. The number of aromatic nitrogens is 3. The van der Waals surface area contributed by atoms with Crippen LogP contribution in [0.2, 0.25) is 5.02 Å². The molecule has 0 unspecified atom stereocenters. The van der Waals surface area contributed by atoms with Crippen molar-refractivity contribution in [1.29, 1.82) is 0 Å². The summed E-state index contributed by atoms with van der Waals surface area (Å²) in [5, 5.41) is 5.05. The number of fused-ring (bicyclic) bond motifs is 1. The average Bonchev–Trinajstić information content (AvgIpc) is 3.28. The van der Waals surface area contributed by atoms with E-state index in [4.69, 9.17) is 20.8 Å². The predicted octanol–water partition coefficient (Wildman–Crippen LogP) is 4.92. The van der Waals surface area contributed by atoms with Crippen LogP contribution in [0.5, 0.6) is 0 Å². The third kappa shape index (κ3) is 3.85. The van der Waals surface area contributed by atoms with Gasteiger partial charge in [-0.25, -0.2) is 4.79 Å². The lowest BCUT2D eigenvalue weighted by atomic mass is 10.1. The Bertz CT molecular complexity index is 996. The van der Waals surface area contributed by atoms with E-state index in [0.717, 1.165) is 23.9 Å². The standard InChI is InChI=1S/C20H23ClN4O3/c1-20(2,3)28-19(26)24-8-5-14(6-9-24)25-12-13(11-23-25)17-10-16-18(27-17)15(21)4-7-22-16/h4,7,10-12,14H,5-6,8-9H2,1-3H3. The highest BCUT2D eigenvalue weighted by Gasteiger charge is 2.28. The van der Waals surface area contributed by atoms with Gasteiger partial charge in [-0.1, -0.05) is 11.6 Å². The van der Waals surface area contributed by atoms with Gasteiger partial charge < -0.3 is 14.1 Å². The summed E-state index contributed by atoms with van der Waals surface area (Å²) < 4.78 is 13.3. The molecule has 0 radical (unpaired) electrons. The minimum Gasteiger partial charge on any atom is -0.453 e. The summed E-state index contributed by atoms with van der Waals surface area (Å²) in [6, 6.07) is 3.81. The topological polar surface area (TPSA) is 73.4 Å². The van der Waals surface area contributed by atoms with Crippen LogP contribution in [0, 0.1) is 0 Å². The van der Waals surface area contributed by atoms with Crippen molar-refractivity contribution in [1.82, 2.24) is 19.7 Å². The van der Waals surface area contributed by atoms with Gasteiger partial charge in [0.15, 0.2) is 5.58 Å². The van der Waals surface area contributed by atoms with E-state index in [1.165, 1.54) is 0 Å². The van der Waals surface area contributed by atoms with Gasteiger partial charge in [0.2, 0.25) is 0 Å². The molecular formula is C20H23ClN4O3. The molecule has 1 aliphatic rings. The summed E-state index contributed by atoms with van der Waals surface area (Å²) in [5.41, 5.74) is 1.71. The zero-order valence-corrected chi connectivity index (χ0v) is 16.9. The Balaban J connectivity index is 1.44. The molecule has 0 N–H and O–H groups in total. The van der Waals surface area contributed by atoms with Gasteiger partial charge in [0.25, 0.3) is 0 Å². The largest absolute Gasteiger partial charge is 0.453 e. The molecule has 1 aliphatic heterocycles. The number of pyridine rings is 1. The molecule has 28 heavy (non-hydrogen) atoms. The summed E-state index contributed by atoms with van der Waals surface area (Å²) in [6.07, 6.45) is 6.82. The molecule has 8 heteroatoms. The van der Waals surface area contributed by atoms with E-state index in [9.17, 15) is 4.79 Å². The van der Waals surface area contributed by atoms with Crippen LogP contribution in [-0.4, -0.2) is 44.4 Å². The van der Waals surface area contributed by atoms with E-state index in [0.29, 0.717) is 29.5 Å². The molecule has 0 aromatic carbocycles. The van der Waals surface area contributed by atoms with Gasteiger partial charge in [-0.15, -0.1) is 0 Å². The maximum atomic E-state index is 12.2. The molecule has 0 bridgehead atoms. The number of nitrogens with zero attached hydrogens (tertiary/aromatic N) is 4. The Hall–Kier alpha value is -2.54. The van der Waals surface area contributed by atoms with Crippen molar-refractivity contribution in [2.24, 2.45) is 0 Å². The fourth-order valence-electron chi connectivity index (χ4n) is 3.35. The molecule has 1 saturated heterocycles. The molecule has 0 spiro atoms. The highest BCUT2D eigenvalue weighted by molar-refractivity contribution is 6.34. The normalized spacial score (nSPS) is 15.9. The highest BCUT2D eigenvalue weighted by Crippen LogP contribution is 2.32. The summed E-state index contributed by atoms with van der Waals surface area (Å²) >= 11 is 6.17. The molecule has 4 rings (SSSR count). The number of carbonyl (C=O) groups is 1. The number of piperidine rings is 1. The van der Waals surface area contributed by atoms with Crippen LogP contribution >= 0.6 is 11.6 Å². The first-order chi connectivity index (χ1) is 13.3. The fourth-order valence-corrected chi connectivity index (χ4v) is 3.55. The van der Waals surface area contributed by atoms with Crippen molar-refractivity contribution in [3.8, 4) is 11.3 Å². The summed E-state index contributed by atoms with van der Waals surface area (Å²) in [5.74, 6) is 0.688.